The van der Waals surface area contributed by atoms with Gasteiger partial charge in [-0.15, -0.1) is 0 Å². The number of ether oxygens (including phenoxy) is 1. The standard InChI is InChI=1S/C22H29N5O5/c1-21(2,3)32-20(31)27-10-7-15(23)14(12-27)17(24)18(28)26(4)22(8-9-22)16-6-5-13(11-25-16)19(29)30/h5-6,11,24H,7-10,12,23H2,1-4H3,(H,29,30). The minimum absolute atomic E-state index is 0.0255. The number of carbonyl (C=O) groups is 3. The van der Waals surface area contributed by atoms with Crippen molar-refractivity contribution >= 4 is 23.7 Å². The Morgan fingerprint density at radius 3 is 2.44 bits per heavy atom. The van der Waals surface area contributed by atoms with Gasteiger partial charge in [0.25, 0.3) is 5.91 Å². The van der Waals surface area contributed by atoms with Crippen LogP contribution in [-0.4, -0.2) is 69.3 Å². The first-order chi connectivity index (χ1) is 14.9. The zero-order valence-electron chi connectivity index (χ0n) is 18.8. The fourth-order valence-electron chi connectivity index (χ4n) is 3.67. The third-order valence-electron chi connectivity index (χ3n) is 5.71. The molecule has 1 fully saturated rings. The molecule has 1 aliphatic carbocycles. The number of aromatic nitrogens is 1. The van der Waals surface area contributed by atoms with Crippen LogP contribution < -0.4 is 5.73 Å². The van der Waals surface area contributed by atoms with Crippen LogP contribution in [0.1, 0.15) is 56.1 Å². The lowest BCUT2D eigenvalue weighted by Gasteiger charge is -2.33. The molecule has 1 aromatic rings. The van der Waals surface area contributed by atoms with Crippen molar-refractivity contribution in [3.63, 3.8) is 0 Å². The van der Waals surface area contributed by atoms with Gasteiger partial charge in [-0.25, -0.2) is 9.59 Å². The molecule has 1 aromatic heterocycles. The Hall–Kier alpha value is -3.43. The van der Waals surface area contributed by atoms with E-state index in [1.165, 1.54) is 22.1 Å². The average molecular weight is 444 g/mol. The lowest BCUT2D eigenvalue weighted by Crippen LogP contribution is -2.47. The SMILES string of the molecule is CN(C(=O)C(=N)C1=C(N)CCN(C(=O)OC(C)(C)C)C1)C1(c2ccc(C(=O)O)cn2)CC1. The molecule has 3 rings (SSSR count). The number of carboxylic acid groups (broad SMARTS) is 1. The van der Waals surface area contributed by atoms with Crippen LogP contribution in [0.2, 0.25) is 0 Å². The molecule has 10 heteroatoms. The molecule has 0 aromatic carbocycles. The van der Waals surface area contributed by atoms with Crippen LogP contribution in [-0.2, 0) is 15.1 Å². The second-order valence-corrected chi connectivity index (χ2v) is 9.16. The largest absolute Gasteiger partial charge is 0.478 e. The normalized spacial score (nSPS) is 17.6. The third-order valence-corrected chi connectivity index (χ3v) is 5.71. The van der Waals surface area contributed by atoms with Gasteiger partial charge in [0.1, 0.15) is 11.3 Å². The number of nitrogens with zero attached hydrogens (tertiary/aromatic N) is 3. The summed E-state index contributed by atoms with van der Waals surface area (Å²) in [5.41, 5.74) is 5.85. The highest BCUT2D eigenvalue weighted by Crippen LogP contribution is 2.49. The molecule has 4 N–H and O–H groups in total. The molecule has 10 nitrogen and oxygen atoms in total. The van der Waals surface area contributed by atoms with Gasteiger partial charge in [-0.2, -0.15) is 0 Å². The molecule has 0 bridgehead atoms. The Balaban J connectivity index is 1.76. The van der Waals surface area contributed by atoms with E-state index < -0.39 is 29.1 Å². The van der Waals surface area contributed by atoms with Gasteiger partial charge in [-0.3, -0.25) is 15.2 Å². The Kier molecular flexibility index (Phi) is 5.99. The van der Waals surface area contributed by atoms with E-state index in [2.05, 4.69) is 4.98 Å². The van der Waals surface area contributed by atoms with E-state index in [0.717, 1.165) is 0 Å². The summed E-state index contributed by atoms with van der Waals surface area (Å²) < 4.78 is 5.40. The van der Waals surface area contributed by atoms with Gasteiger partial charge >= 0.3 is 12.1 Å². The van der Waals surface area contributed by atoms with E-state index in [9.17, 15) is 14.4 Å². The van der Waals surface area contributed by atoms with Gasteiger partial charge in [-0.05, 0) is 45.7 Å². The molecule has 2 heterocycles. The van der Waals surface area contributed by atoms with Crippen molar-refractivity contribution in [1.82, 2.24) is 14.8 Å². The number of hydrogen-bond acceptors (Lipinski definition) is 7. The summed E-state index contributed by atoms with van der Waals surface area (Å²) in [6, 6.07) is 3.05. The van der Waals surface area contributed by atoms with Crippen molar-refractivity contribution in [2.24, 2.45) is 5.73 Å². The quantitative estimate of drug-likeness (QED) is 0.590. The maximum absolute atomic E-state index is 13.2. The summed E-state index contributed by atoms with van der Waals surface area (Å²) in [4.78, 5) is 43.9. The number of carboxylic acids is 1. The van der Waals surface area contributed by atoms with Gasteiger partial charge < -0.3 is 25.4 Å². The van der Waals surface area contributed by atoms with Crippen molar-refractivity contribution in [3.05, 3.63) is 40.9 Å². The summed E-state index contributed by atoms with van der Waals surface area (Å²) in [5, 5.41) is 17.6. The van der Waals surface area contributed by atoms with E-state index in [0.29, 0.717) is 42.8 Å². The number of aromatic carboxylic acids is 1. The maximum Gasteiger partial charge on any atom is 0.410 e. The molecular weight excluding hydrogens is 414 g/mol. The molecule has 0 radical (unpaired) electrons. The highest BCUT2D eigenvalue weighted by Gasteiger charge is 2.52. The van der Waals surface area contributed by atoms with Crippen LogP contribution in [0.5, 0.6) is 0 Å². The molecule has 32 heavy (non-hydrogen) atoms. The topological polar surface area (TPSA) is 150 Å². The molecule has 0 atom stereocenters. The molecule has 1 saturated carbocycles. The molecular formula is C22H29N5O5. The monoisotopic (exact) mass is 443 g/mol. The highest BCUT2D eigenvalue weighted by molar-refractivity contribution is 6.44. The van der Waals surface area contributed by atoms with Crippen molar-refractivity contribution in [1.29, 1.82) is 5.41 Å². The average Bonchev–Trinajstić information content (AvgIpc) is 3.53. The third kappa shape index (κ3) is 4.58. The first-order valence-corrected chi connectivity index (χ1v) is 10.4. The summed E-state index contributed by atoms with van der Waals surface area (Å²) in [7, 11) is 1.60. The van der Waals surface area contributed by atoms with Gasteiger partial charge in [0, 0.05) is 37.5 Å². The number of rotatable bonds is 5. The molecule has 2 aliphatic rings. The summed E-state index contributed by atoms with van der Waals surface area (Å²) in [5.74, 6) is -1.61. The molecule has 2 amide bonds. The van der Waals surface area contributed by atoms with Crippen LogP contribution in [0.15, 0.2) is 29.6 Å². The van der Waals surface area contributed by atoms with Crippen LogP contribution in [0.4, 0.5) is 4.79 Å². The number of hydrogen-bond donors (Lipinski definition) is 3. The van der Waals surface area contributed by atoms with E-state index in [1.54, 1.807) is 33.9 Å². The number of amides is 2. The van der Waals surface area contributed by atoms with E-state index in [-0.39, 0.29) is 17.8 Å². The van der Waals surface area contributed by atoms with Gasteiger partial charge in [0.05, 0.1) is 23.3 Å². The van der Waals surface area contributed by atoms with E-state index in [4.69, 9.17) is 21.0 Å². The highest BCUT2D eigenvalue weighted by atomic mass is 16.6. The molecule has 0 unspecified atom stereocenters. The van der Waals surface area contributed by atoms with Crippen molar-refractivity contribution < 1.29 is 24.2 Å². The number of nitrogens with one attached hydrogen (secondary N) is 1. The smallest absolute Gasteiger partial charge is 0.410 e. The molecule has 1 aliphatic heterocycles. The number of pyridine rings is 1. The minimum Gasteiger partial charge on any atom is -0.478 e. The van der Waals surface area contributed by atoms with Crippen LogP contribution >= 0.6 is 0 Å². The summed E-state index contributed by atoms with van der Waals surface area (Å²) >= 11 is 0. The first kappa shape index (κ1) is 23.2. The van der Waals surface area contributed by atoms with Gasteiger partial charge in [0.2, 0.25) is 0 Å². The zero-order chi connectivity index (χ0) is 23.8. The van der Waals surface area contributed by atoms with Crippen LogP contribution in [0.3, 0.4) is 0 Å². The Labute approximate surface area is 186 Å². The number of carbonyl (C=O) groups excluding carboxylic acids is 2. The van der Waals surface area contributed by atoms with E-state index >= 15 is 0 Å². The lowest BCUT2D eigenvalue weighted by molar-refractivity contribution is -0.125. The summed E-state index contributed by atoms with van der Waals surface area (Å²) in [6.45, 7) is 5.69. The van der Waals surface area contributed by atoms with Gasteiger partial charge in [0.15, 0.2) is 0 Å². The Bertz CT molecular complexity index is 989. The first-order valence-electron chi connectivity index (χ1n) is 10.4. The van der Waals surface area contributed by atoms with Crippen LogP contribution in [0, 0.1) is 5.41 Å². The number of nitrogens with two attached hydrogens (primary N) is 1. The Morgan fingerprint density at radius 1 is 1.28 bits per heavy atom. The predicted octanol–water partition coefficient (Wildman–Crippen LogP) is 2.10. The second kappa shape index (κ2) is 8.25. The fraction of sp³-hybridized carbons (Fsp3) is 0.500. The molecule has 0 spiro atoms. The molecule has 0 saturated heterocycles. The lowest BCUT2D eigenvalue weighted by atomic mass is 9.99. The van der Waals surface area contributed by atoms with Crippen LogP contribution in [0.25, 0.3) is 0 Å². The molecule has 172 valence electrons. The fourth-order valence-corrected chi connectivity index (χ4v) is 3.67. The zero-order valence-corrected chi connectivity index (χ0v) is 18.8. The second-order valence-electron chi connectivity index (χ2n) is 9.16. The summed E-state index contributed by atoms with van der Waals surface area (Å²) in [6.07, 6.45) is 2.40. The van der Waals surface area contributed by atoms with E-state index in [1.807, 2.05) is 0 Å². The Morgan fingerprint density at radius 2 is 1.94 bits per heavy atom. The van der Waals surface area contributed by atoms with Crippen molar-refractivity contribution in [2.45, 2.75) is 51.2 Å². The van der Waals surface area contributed by atoms with Crippen molar-refractivity contribution in [2.75, 3.05) is 20.1 Å². The van der Waals surface area contributed by atoms with Crippen molar-refractivity contribution in [3.8, 4) is 0 Å². The minimum atomic E-state index is -1.07. The predicted molar refractivity (Wildman–Crippen MR) is 116 cm³/mol. The van der Waals surface area contributed by atoms with Gasteiger partial charge in [-0.1, -0.05) is 0 Å². The maximum atomic E-state index is 13.2.